The van der Waals surface area contributed by atoms with Gasteiger partial charge in [0.1, 0.15) is 0 Å². The van der Waals surface area contributed by atoms with Crippen LogP contribution in [-0.2, 0) is 21.2 Å². The van der Waals surface area contributed by atoms with E-state index in [1.165, 1.54) is 28.6 Å². The first-order chi connectivity index (χ1) is 18.3. The molecule has 194 valence electrons. The normalized spacial score (nSPS) is 18.2. The lowest BCUT2D eigenvalue weighted by Gasteiger charge is -2.24. The number of carbonyl (C=O) groups excluding carboxylic acids is 3. The van der Waals surface area contributed by atoms with E-state index in [2.05, 4.69) is 10.3 Å². The molecule has 3 aromatic rings. The third-order valence-electron chi connectivity index (χ3n) is 6.27. The SMILES string of the molecule is C[C@@H]1Cc2ccccc2N1S(=O)(=O)c1cccc(C(=O)NCCN2C(=O)S/C(=C/c3cccnc3)C2=O)c1. The molecule has 0 bridgehead atoms. The molecule has 38 heavy (non-hydrogen) atoms. The number of anilines is 1. The first-order valence-corrected chi connectivity index (χ1v) is 14.2. The fraction of sp³-hybridized carbons (Fsp3) is 0.185. The number of sulfonamides is 1. The van der Waals surface area contributed by atoms with Gasteiger partial charge in [-0.05, 0) is 72.6 Å². The lowest BCUT2D eigenvalue weighted by Crippen LogP contribution is -2.37. The number of thioether (sulfide) groups is 1. The number of amides is 3. The van der Waals surface area contributed by atoms with Gasteiger partial charge in [-0.15, -0.1) is 0 Å². The number of para-hydroxylation sites is 1. The Labute approximate surface area is 224 Å². The van der Waals surface area contributed by atoms with Gasteiger partial charge in [-0.25, -0.2) is 8.42 Å². The van der Waals surface area contributed by atoms with Crippen molar-refractivity contribution in [3.8, 4) is 0 Å². The Bertz CT molecular complexity index is 1560. The molecule has 1 atom stereocenters. The van der Waals surface area contributed by atoms with Gasteiger partial charge in [-0.3, -0.25) is 28.6 Å². The minimum atomic E-state index is -3.90. The summed E-state index contributed by atoms with van der Waals surface area (Å²) in [4.78, 5) is 43.2. The Morgan fingerprint density at radius 3 is 2.74 bits per heavy atom. The van der Waals surface area contributed by atoms with E-state index in [9.17, 15) is 22.8 Å². The van der Waals surface area contributed by atoms with Crippen LogP contribution in [0.25, 0.3) is 6.08 Å². The molecule has 0 spiro atoms. The highest BCUT2D eigenvalue weighted by Crippen LogP contribution is 2.36. The molecule has 0 unspecified atom stereocenters. The van der Waals surface area contributed by atoms with E-state index in [1.807, 2.05) is 19.1 Å². The van der Waals surface area contributed by atoms with Crippen molar-refractivity contribution in [3.05, 3.63) is 94.7 Å². The second-order valence-corrected chi connectivity index (χ2v) is 11.7. The summed E-state index contributed by atoms with van der Waals surface area (Å²) in [6.07, 6.45) is 5.41. The Hall–Kier alpha value is -3.96. The molecule has 0 saturated carbocycles. The number of pyridine rings is 1. The van der Waals surface area contributed by atoms with Crippen LogP contribution in [0, 0.1) is 0 Å². The van der Waals surface area contributed by atoms with Gasteiger partial charge in [0.2, 0.25) is 0 Å². The number of hydrogen-bond acceptors (Lipinski definition) is 7. The zero-order chi connectivity index (χ0) is 26.9. The van der Waals surface area contributed by atoms with Gasteiger partial charge in [0.25, 0.3) is 27.1 Å². The van der Waals surface area contributed by atoms with Crippen molar-refractivity contribution in [1.82, 2.24) is 15.2 Å². The van der Waals surface area contributed by atoms with E-state index in [4.69, 9.17) is 0 Å². The molecule has 2 aromatic carbocycles. The predicted molar refractivity (Wildman–Crippen MR) is 145 cm³/mol. The number of benzene rings is 2. The van der Waals surface area contributed by atoms with Gasteiger partial charge in [0.15, 0.2) is 0 Å². The number of rotatable bonds is 7. The molecule has 1 aromatic heterocycles. The van der Waals surface area contributed by atoms with Crippen LogP contribution in [0.15, 0.2) is 82.9 Å². The van der Waals surface area contributed by atoms with Crippen molar-refractivity contribution in [2.24, 2.45) is 0 Å². The minimum Gasteiger partial charge on any atom is -0.350 e. The Balaban J connectivity index is 1.25. The molecule has 0 radical (unpaired) electrons. The van der Waals surface area contributed by atoms with Crippen molar-refractivity contribution in [3.63, 3.8) is 0 Å². The monoisotopic (exact) mass is 548 g/mol. The van der Waals surface area contributed by atoms with Gasteiger partial charge >= 0.3 is 0 Å². The second kappa shape index (κ2) is 10.4. The number of carbonyl (C=O) groups is 3. The van der Waals surface area contributed by atoms with Gasteiger partial charge in [-0.2, -0.15) is 0 Å². The predicted octanol–water partition coefficient (Wildman–Crippen LogP) is 3.69. The molecule has 2 aliphatic heterocycles. The molecule has 2 aliphatic rings. The summed E-state index contributed by atoms with van der Waals surface area (Å²) < 4.78 is 28.4. The topological polar surface area (TPSA) is 117 Å². The van der Waals surface area contributed by atoms with Gasteiger partial charge in [-0.1, -0.05) is 30.3 Å². The number of nitrogens with zero attached hydrogens (tertiary/aromatic N) is 3. The van der Waals surface area contributed by atoms with Crippen LogP contribution in [0.3, 0.4) is 0 Å². The van der Waals surface area contributed by atoms with Gasteiger partial charge in [0.05, 0.1) is 15.5 Å². The van der Waals surface area contributed by atoms with Crippen molar-refractivity contribution in [2.45, 2.75) is 24.3 Å². The molecular weight excluding hydrogens is 524 g/mol. The lowest BCUT2D eigenvalue weighted by molar-refractivity contribution is -0.122. The average Bonchev–Trinajstić information content (AvgIpc) is 3.39. The second-order valence-electron chi connectivity index (χ2n) is 8.89. The summed E-state index contributed by atoms with van der Waals surface area (Å²) in [5, 5.41) is 2.25. The van der Waals surface area contributed by atoms with Crippen molar-refractivity contribution in [2.75, 3.05) is 17.4 Å². The van der Waals surface area contributed by atoms with E-state index in [-0.39, 0.29) is 34.5 Å². The molecular formula is C27H24N4O5S2. The fourth-order valence-electron chi connectivity index (χ4n) is 4.50. The number of imide groups is 1. The third kappa shape index (κ3) is 4.94. The minimum absolute atomic E-state index is 0.0130. The van der Waals surface area contributed by atoms with Crippen LogP contribution in [0.1, 0.15) is 28.4 Å². The first-order valence-electron chi connectivity index (χ1n) is 11.9. The molecule has 1 fully saturated rings. The van der Waals surface area contributed by atoms with E-state index >= 15 is 0 Å². The zero-order valence-electron chi connectivity index (χ0n) is 20.4. The Morgan fingerprint density at radius 2 is 1.95 bits per heavy atom. The molecule has 0 aliphatic carbocycles. The highest BCUT2D eigenvalue weighted by molar-refractivity contribution is 8.18. The maximum atomic E-state index is 13.5. The number of aromatic nitrogens is 1. The summed E-state index contributed by atoms with van der Waals surface area (Å²) in [6, 6.07) is 16.5. The Morgan fingerprint density at radius 1 is 1.13 bits per heavy atom. The molecule has 9 nitrogen and oxygen atoms in total. The lowest BCUT2D eigenvalue weighted by atomic mass is 10.1. The number of fused-ring (bicyclic) bond motifs is 1. The van der Waals surface area contributed by atoms with Crippen LogP contribution in [0.2, 0.25) is 0 Å². The Kier molecular flexibility index (Phi) is 7.04. The van der Waals surface area contributed by atoms with Crippen molar-refractivity contribution >= 4 is 50.6 Å². The average molecular weight is 549 g/mol. The highest BCUT2D eigenvalue weighted by atomic mass is 32.2. The third-order valence-corrected chi connectivity index (χ3v) is 9.11. The number of nitrogens with one attached hydrogen (secondary N) is 1. The number of hydrogen-bond donors (Lipinski definition) is 1. The quantitative estimate of drug-likeness (QED) is 0.448. The molecule has 5 rings (SSSR count). The maximum Gasteiger partial charge on any atom is 0.293 e. The summed E-state index contributed by atoms with van der Waals surface area (Å²) in [5.74, 6) is -0.944. The van der Waals surface area contributed by atoms with Crippen LogP contribution in [0.4, 0.5) is 10.5 Å². The first kappa shape index (κ1) is 25.7. The van der Waals surface area contributed by atoms with Crippen LogP contribution in [-0.4, -0.2) is 54.5 Å². The highest BCUT2D eigenvalue weighted by Gasteiger charge is 2.36. The molecule has 3 heterocycles. The summed E-state index contributed by atoms with van der Waals surface area (Å²) in [6.45, 7) is 1.86. The van der Waals surface area contributed by atoms with Crippen LogP contribution >= 0.6 is 11.8 Å². The van der Waals surface area contributed by atoms with Gasteiger partial charge < -0.3 is 5.32 Å². The maximum absolute atomic E-state index is 13.5. The zero-order valence-corrected chi connectivity index (χ0v) is 22.0. The molecule has 3 amide bonds. The van der Waals surface area contributed by atoms with E-state index in [1.54, 1.807) is 42.7 Å². The fourth-order valence-corrected chi connectivity index (χ4v) is 7.11. The largest absolute Gasteiger partial charge is 0.350 e. The summed E-state index contributed by atoms with van der Waals surface area (Å²) in [7, 11) is -3.90. The van der Waals surface area contributed by atoms with E-state index in [0.717, 1.165) is 22.2 Å². The molecule has 11 heteroatoms. The summed E-state index contributed by atoms with van der Waals surface area (Å²) in [5.41, 5.74) is 2.47. The molecule has 1 saturated heterocycles. The van der Waals surface area contributed by atoms with Crippen LogP contribution in [0.5, 0.6) is 0 Å². The standard InChI is InChI=1S/C27H24N4O5S2/c1-18-14-20-7-2-3-10-23(20)31(18)38(35,36)22-9-4-8-21(16-22)25(32)29-12-13-30-26(33)24(37-27(30)34)15-19-6-5-11-28-17-19/h2-11,15-18H,12-14H2,1H3,(H,29,32)/b24-15+/t18-/m1/s1. The van der Waals surface area contributed by atoms with Crippen molar-refractivity contribution in [1.29, 1.82) is 0 Å². The summed E-state index contributed by atoms with van der Waals surface area (Å²) >= 11 is 0.831. The smallest absolute Gasteiger partial charge is 0.293 e. The van der Waals surface area contributed by atoms with Gasteiger partial charge in [0, 0.05) is 37.1 Å². The van der Waals surface area contributed by atoms with Crippen LogP contribution < -0.4 is 9.62 Å². The van der Waals surface area contributed by atoms with E-state index in [0.29, 0.717) is 17.7 Å². The molecule has 1 N–H and O–H groups in total. The van der Waals surface area contributed by atoms with E-state index < -0.39 is 27.1 Å². The van der Waals surface area contributed by atoms with Crippen molar-refractivity contribution < 1.29 is 22.8 Å².